The zero-order valence-corrected chi connectivity index (χ0v) is 19.9. The van der Waals surface area contributed by atoms with Gasteiger partial charge in [0.2, 0.25) is 10.0 Å². The standard InChI is InChI=1S/C23H31N3O5S/c1-6-23(29,7-2)22(28)24-26(19-12-8-16(3)9-13-19)21(27)18(5)25-32(30,31)20-14-10-17(4)11-15-20/h8-15,18,25,29H,6-7H2,1-5H3,(H,24,28)/t18-/m1/s1. The second kappa shape index (κ2) is 10.2. The highest BCUT2D eigenvalue weighted by Gasteiger charge is 2.35. The van der Waals surface area contributed by atoms with E-state index in [0.717, 1.165) is 16.1 Å². The van der Waals surface area contributed by atoms with Crippen LogP contribution in [-0.4, -0.2) is 37.0 Å². The maximum absolute atomic E-state index is 13.2. The van der Waals surface area contributed by atoms with Crippen molar-refractivity contribution in [2.24, 2.45) is 0 Å². The van der Waals surface area contributed by atoms with Crippen LogP contribution < -0.4 is 15.2 Å². The van der Waals surface area contributed by atoms with E-state index in [0.29, 0.717) is 5.69 Å². The number of hydrogen-bond donors (Lipinski definition) is 3. The Morgan fingerprint density at radius 3 is 1.91 bits per heavy atom. The van der Waals surface area contributed by atoms with Gasteiger partial charge in [-0.1, -0.05) is 49.2 Å². The number of nitrogens with zero attached hydrogens (tertiary/aromatic N) is 1. The molecule has 2 amide bonds. The van der Waals surface area contributed by atoms with Crippen molar-refractivity contribution in [1.29, 1.82) is 0 Å². The number of aliphatic hydroxyl groups is 1. The monoisotopic (exact) mass is 461 g/mol. The average Bonchev–Trinajstić information content (AvgIpc) is 2.76. The van der Waals surface area contributed by atoms with E-state index < -0.39 is 33.5 Å². The highest BCUT2D eigenvalue weighted by atomic mass is 32.2. The van der Waals surface area contributed by atoms with Crippen LogP contribution in [0, 0.1) is 13.8 Å². The molecular weight excluding hydrogens is 430 g/mol. The largest absolute Gasteiger partial charge is 0.380 e. The Morgan fingerprint density at radius 2 is 1.44 bits per heavy atom. The summed E-state index contributed by atoms with van der Waals surface area (Å²) in [5.41, 5.74) is 3.00. The molecule has 0 saturated carbocycles. The molecule has 32 heavy (non-hydrogen) atoms. The van der Waals surface area contributed by atoms with Crippen LogP contribution in [-0.2, 0) is 19.6 Å². The van der Waals surface area contributed by atoms with Gasteiger partial charge in [0.25, 0.3) is 11.8 Å². The smallest absolute Gasteiger partial charge is 0.270 e. The lowest BCUT2D eigenvalue weighted by Crippen LogP contribution is -2.58. The Kier molecular flexibility index (Phi) is 8.17. The van der Waals surface area contributed by atoms with Crippen molar-refractivity contribution in [1.82, 2.24) is 10.1 Å². The van der Waals surface area contributed by atoms with Gasteiger partial charge in [0.1, 0.15) is 11.6 Å². The summed E-state index contributed by atoms with van der Waals surface area (Å²) in [6, 6.07) is 11.8. The minimum Gasteiger partial charge on any atom is -0.380 e. The summed E-state index contributed by atoms with van der Waals surface area (Å²) in [4.78, 5) is 26.0. The van der Waals surface area contributed by atoms with Gasteiger partial charge in [0.05, 0.1) is 10.6 Å². The molecule has 9 heteroatoms. The Hall–Kier alpha value is -2.75. The minimum atomic E-state index is -3.97. The molecule has 0 spiro atoms. The molecule has 8 nitrogen and oxygen atoms in total. The lowest BCUT2D eigenvalue weighted by Gasteiger charge is -2.31. The number of amides is 2. The quantitative estimate of drug-likeness (QED) is 0.523. The molecule has 0 aliphatic rings. The van der Waals surface area contributed by atoms with E-state index >= 15 is 0 Å². The first-order valence-corrected chi connectivity index (χ1v) is 11.9. The zero-order chi connectivity index (χ0) is 24.1. The lowest BCUT2D eigenvalue weighted by atomic mass is 9.97. The molecule has 3 N–H and O–H groups in total. The molecule has 0 unspecified atom stereocenters. The molecule has 0 fully saturated rings. The Balaban J connectivity index is 2.33. The number of anilines is 1. The van der Waals surface area contributed by atoms with Crippen LogP contribution >= 0.6 is 0 Å². The fraction of sp³-hybridized carbons (Fsp3) is 0.391. The van der Waals surface area contributed by atoms with Crippen LogP contribution in [0.1, 0.15) is 44.7 Å². The van der Waals surface area contributed by atoms with Gasteiger partial charge in [-0.2, -0.15) is 4.72 Å². The number of benzene rings is 2. The van der Waals surface area contributed by atoms with Crippen molar-refractivity contribution in [2.45, 2.75) is 64.0 Å². The van der Waals surface area contributed by atoms with Gasteiger partial charge in [-0.15, -0.1) is 0 Å². The maximum atomic E-state index is 13.2. The van der Waals surface area contributed by atoms with Gasteiger partial charge in [0.15, 0.2) is 0 Å². The van der Waals surface area contributed by atoms with Gasteiger partial charge in [-0.25, -0.2) is 13.4 Å². The molecule has 0 radical (unpaired) electrons. The molecule has 0 saturated heterocycles. The third-order valence-electron chi connectivity index (χ3n) is 5.35. The third-order valence-corrected chi connectivity index (χ3v) is 6.91. The number of nitrogens with one attached hydrogen (secondary N) is 2. The van der Waals surface area contributed by atoms with E-state index in [1.165, 1.54) is 19.1 Å². The van der Waals surface area contributed by atoms with Crippen LogP contribution in [0.2, 0.25) is 0 Å². The number of aryl methyl sites for hydroxylation is 2. The van der Waals surface area contributed by atoms with Crippen LogP contribution in [0.5, 0.6) is 0 Å². The van der Waals surface area contributed by atoms with Gasteiger partial charge in [-0.3, -0.25) is 15.0 Å². The van der Waals surface area contributed by atoms with Crippen molar-refractivity contribution in [2.75, 3.05) is 5.01 Å². The molecule has 2 aromatic carbocycles. The van der Waals surface area contributed by atoms with Crippen molar-refractivity contribution in [3.8, 4) is 0 Å². The van der Waals surface area contributed by atoms with Gasteiger partial charge in [0, 0.05) is 0 Å². The SMILES string of the molecule is CCC(O)(CC)C(=O)NN(C(=O)[C@@H](C)NS(=O)(=O)c1ccc(C)cc1)c1ccc(C)cc1. The Labute approximate surface area is 189 Å². The first-order valence-electron chi connectivity index (χ1n) is 10.5. The average molecular weight is 462 g/mol. The normalized spacial score (nSPS) is 12.8. The van der Waals surface area contributed by atoms with E-state index in [-0.39, 0.29) is 17.7 Å². The molecule has 1 atom stereocenters. The molecule has 0 aromatic heterocycles. The van der Waals surface area contributed by atoms with Crippen LogP contribution in [0.25, 0.3) is 0 Å². The van der Waals surface area contributed by atoms with E-state index in [2.05, 4.69) is 10.1 Å². The van der Waals surface area contributed by atoms with Crippen molar-refractivity contribution in [3.05, 3.63) is 59.7 Å². The Morgan fingerprint density at radius 1 is 0.969 bits per heavy atom. The summed E-state index contributed by atoms with van der Waals surface area (Å²) in [7, 11) is -3.97. The second-order valence-corrected chi connectivity index (χ2v) is 9.56. The number of hydrogen-bond acceptors (Lipinski definition) is 5. The number of carbonyl (C=O) groups is 2. The summed E-state index contributed by atoms with van der Waals surface area (Å²) in [5, 5.41) is 11.5. The minimum absolute atomic E-state index is 0.0278. The number of rotatable bonds is 8. The topological polar surface area (TPSA) is 116 Å². The molecule has 0 bridgehead atoms. The van der Waals surface area contributed by atoms with Crippen LogP contribution in [0.4, 0.5) is 5.69 Å². The van der Waals surface area contributed by atoms with Crippen molar-refractivity contribution < 1.29 is 23.1 Å². The van der Waals surface area contributed by atoms with E-state index in [9.17, 15) is 23.1 Å². The first-order chi connectivity index (χ1) is 14.9. The highest BCUT2D eigenvalue weighted by molar-refractivity contribution is 7.89. The number of carbonyl (C=O) groups excluding carboxylic acids is 2. The molecule has 0 aliphatic carbocycles. The van der Waals surface area contributed by atoms with Gasteiger partial charge < -0.3 is 5.11 Å². The van der Waals surface area contributed by atoms with E-state index in [1.807, 2.05) is 13.8 Å². The molecule has 2 rings (SSSR count). The van der Waals surface area contributed by atoms with E-state index in [1.54, 1.807) is 50.2 Å². The summed E-state index contributed by atoms with van der Waals surface area (Å²) in [6.45, 7) is 8.44. The molecular formula is C23H31N3O5S. The molecule has 2 aromatic rings. The van der Waals surface area contributed by atoms with Crippen LogP contribution in [0.3, 0.4) is 0 Å². The lowest BCUT2D eigenvalue weighted by molar-refractivity contribution is -0.142. The summed E-state index contributed by atoms with van der Waals surface area (Å²) < 4.78 is 27.8. The summed E-state index contributed by atoms with van der Waals surface area (Å²) in [6.07, 6.45) is 0.307. The predicted octanol–water partition coefficient (Wildman–Crippen LogP) is 2.59. The Bertz CT molecular complexity index is 1050. The number of hydrazine groups is 1. The molecule has 0 heterocycles. The third kappa shape index (κ3) is 5.93. The van der Waals surface area contributed by atoms with E-state index in [4.69, 9.17) is 0 Å². The molecule has 0 aliphatic heterocycles. The van der Waals surface area contributed by atoms with Crippen molar-refractivity contribution in [3.63, 3.8) is 0 Å². The summed E-state index contributed by atoms with van der Waals surface area (Å²) in [5.74, 6) is -1.45. The first kappa shape index (κ1) is 25.5. The maximum Gasteiger partial charge on any atom is 0.270 e. The second-order valence-electron chi connectivity index (χ2n) is 7.84. The fourth-order valence-corrected chi connectivity index (χ4v) is 4.18. The van der Waals surface area contributed by atoms with Crippen molar-refractivity contribution >= 4 is 27.5 Å². The predicted molar refractivity (Wildman–Crippen MR) is 123 cm³/mol. The zero-order valence-electron chi connectivity index (χ0n) is 19.0. The molecule has 174 valence electrons. The fourth-order valence-electron chi connectivity index (χ4n) is 2.98. The summed E-state index contributed by atoms with van der Waals surface area (Å²) >= 11 is 0. The number of sulfonamides is 1. The van der Waals surface area contributed by atoms with Gasteiger partial charge in [-0.05, 0) is 57.9 Å². The highest BCUT2D eigenvalue weighted by Crippen LogP contribution is 2.19. The van der Waals surface area contributed by atoms with Gasteiger partial charge >= 0.3 is 0 Å². The van der Waals surface area contributed by atoms with Crippen LogP contribution in [0.15, 0.2) is 53.4 Å².